The van der Waals surface area contributed by atoms with E-state index in [-0.39, 0.29) is 40.6 Å². The number of nitrogens with one attached hydrogen (secondary N) is 1. The molecule has 0 spiro atoms. The lowest BCUT2D eigenvalue weighted by molar-refractivity contribution is -0.115. The van der Waals surface area contributed by atoms with Gasteiger partial charge in [0.05, 0.1) is 5.69 Å². The zero-order valence-electron chi connectivity index (χ0n) is 15.0. The van der Waals surface area contributed by atoms with E-state index in [1.807, 2.05) is 0 Å². The Morgan fingerprint density at radius 2 is 1.77 bits per heavy atom. The summed E-state index contributed by atoms with van der Waals surface area (Å²) in [5.74, 6) is -1.95. The van der Waals surface area contributed by atoms with E-state index in [2.05, 4.69) is 5.32 Å². The first-order chi connectivity index (χ1) is 12.3. The maximum absolute atomic E-state index is 15.0. The lowest BCUT2D eigenvalue weighted by atomic mass is 9.97. The maximum Gasteiger partial charge on any atom is 0.224 e. The summed E-state index contributed by atoms with van der Waals surface area (Å²) in [5.41, 5.74) is 2.24. The van der Waals surface area contributed by atoms with Crippen molar-refractivity contribution in [2.24, 2.45) is 0 Å². The summed E-state index contributed by atoms with van der Waals surface area (Å²) in [5, 5.41) is 2.58. The molecule has 3 rings (SSSR count). The monoisotopic (exact) mass is 362 g/mol. The lowest BCUT2D eigenvalue weighted by Crippen LogP contribution is -2.32. The van der Waals surface area contributed by atoms with Gasteiger partial charge in [-0.15, -0.1) is 0 Å². The van der Waals surface area contributed by atoms with E-state index in [1.54, 1.807) is 17.9 Å². The largest absolute Gasteiger partial charge is 0.362 e. The van der Waals surface area contributed by atoms with Gasteiger partial charge < -0.3 is 10.2 Å². The number of nitrogens with zero attached hydrogens (tertiary/aromatic N) is 1. The van der Waals surface area contributed by atoms with Crippen molar-refractivity contribution in [1.82, 2.24) is 0 Å². The molecule has 2 aromatic carbocycles. The maximum atomic E-state index is 15.0. The van der Waals surface area contributed by atoms with Crippen LogP contribution in [0.4, 0.5) is 24.5 Å². The highest BCUT2D eigenvalue weighted by Crippen LogP contribution is 2.37. The first-order valence-corrected chi connectivity index (χ1v) is 8.63. The van der Waals surface area contributed by atoms with Gasteiger partial charge in [0.15, 0.2) is 11.6 Å². The van der Waals surface area contributed by atoms with Gasteiger partial charge in [-0.3, -0.25) is 4.79 Å². The molecule has 0 aromatic heterocycles. The highest BCUT2D eigenvalue weighted by molar-refractivity contribution is 5.92. The molecule has 2 aromatic rings. The van der Waals surface area contributed by atoms with E-state index < -0.39 is 11.6 Å². The van der Waals surface area contributed by atoms with Crippen molar-refractivity contribution < 1.29 is 18.0 Å². The van der Waals surface area contributed by atoms with Crippen molar-refractivity contribution in [3.63, 3.8) is 0 Å². The Bertz CT molecular complexity index is 851. The van der Waals surface area contributed by atoms with Gasteiger partial charge in [-0.25, -0.2) is 13.2 Å². The average molecular weight is 362 g/mol. The van der Waals surface area contributed by atoms with Gasteiger partial charge >= 0.3 is 0 Å². The van der Waals surface area contributed by atoms with Crippen LogP contribution in [0.2, 0.25) is 0 Å². The first kappa shape index (κ1) is 18.3. The third-order valence-corrected chi connectivity index (χ3v) is 4.91. The van der Waals surface area contributed by atoms with E-state index in [0.717, 1.165) is 11.1 Å². The lowest BCUT2D eigenvalue weighted by Gasteiger charge is -2.32. The van der Waals surface area contributed by atoms with E-state index in [0.29, 0.717) is 19.5 Å². The van der Waals surface area contributed by atoms with Crippen LogP contribution < -0.4 is 10.2 Å². The van der Waals surface area contributed by atoms with Gasteiger partial charge in [0, 0.05) is 30.6 Å². The molecule has 138 valence electrons. The molecule has 0 fully saturated rings. The highest BCUT2D eigenvalue weighted by Gasteiger charge is 2.27. The summed E-state index contributed by atoms with van der Waals surface area (Å²) in [7, 11) is 0. The van der Waals surface area contributed by atoms with Crippen LogP contribution in [0, 0.1) is 31.3 Å². The van der Waals surface area contributed by atoms with E-state index >= 15 is 0 Å². The molecule has 1 heterocycles. The van der Waals surface area contributed by atoms with Gasteiger partial charge in [-0.1, -0.05) is 13.0 Å². The number of hydrogen-bond donors (Lipinski definition) is 1. The standard InChI is InChI=1S/C20H21F3N2O/c1-4-16(26)24-19-11(2)17(22)20(18(23)12(19)3)25-8-7-13-9-15(21)6-5-14(13)10-25/h5-6,9H,4,7-8,10H2,1-3H3,(H,24,26). The Labute approximate surface area is 150 Å². The number of benzene rings is 2. The van der Waals surface area contributed by atoms with E-state index in [4.69, 9.17) is 0 Å². The third kappa shape index (κ3) is 3.16. The number of anilines is 2. The van der Waals surface area contributed by atoms with Crippen LogP contribution in [0.5, 0.6) is 0 Å². The smallest absolute Gasteiger partial charge is 0.224 e. The van der Waals surface area contributed by atoms with Crippen LogP contribution in [-0.2, 0) is 17.8 Å². The molecule has 0 radical (unpaired) electrons. The molecule has 0 unspecified atom stereocenters. The van der Waals surface area contributed by atoms with E-state index in [9.17, 15) is 18.0 Å². The topological polar surface area (TPSA) is 32.3 Å². The van der Waals surface area contributed by atoms with Crippen LogP contribution in [0.1, 0.15) is 35.6 Å². The molecule has 0 saturated heterocycles. The number of rotatable bonds is 3. The summed E-state index contributed by atoms with van der Waals surface area (Å²) in [6, 6.07) is 4.48. The fraction of sp³-hybridized carbons (Fsp3) is 0.350. The number of carbonyl (C=O) groups is 1. The Hall–Kier alpha value is -2.50. The Morgan fingerprint density at radius 3 is 2.38 bits per heavy atom. The second kappa shape index (κ2) is 7.02. The molecule has 0 aliphatic carbocycles. The minimum Gasteiger partial charge on any atom is -0.362 e. The molecular formula is C20H21F3N2O. The minimum atomic E-state index is -0.676. The molecule has 0 bridgehead atoms. The van der Waals surface area contributed by atoms with Crippen molar-refractivity contribution >= 4 is 17.3 Å². The summed E-state index contributed by atoms with van der Waals surface area (Å²) in [4.78, 5) is 13.3. The fourth-order valence-electron chi connectivity index (χ4n) is 3.36. The minimum absolute atomic E-state index is 0.0931. The molecule has 1 aliphatic rings. The van der Waals surface area contributed by atoms with Crippen molar-refractivity contribution in [3.05, 3.63) is 57.9 Å². The van der Waals surface area contributed by atoms with E-state index in [1.165, 1.54) is 26.0 Å². The van der Waals surface area contributed by atoms with Crippen molar-refractivity contribution in [2.45, 2.75) is 40.2 Å². The van der Waals surface area contributed by atoms with Crippen LogP contribution in [0.15, 0.2) is 18.2 Å². The third-order valence-electron chi connectivity index (χ3n) is 4.91. The number of fused-ring (bicyclic) bond motifs is 1. The van der Waals surface area contributed by atoms with Gasteiger partial charge in [-0.05, 0) is 43.5 Å². The van der Waals surface area contributed by atoms with Crippen LogP contribution in [0.3, 0.4) is 0 Å². The molecule has 0 atom stereocenters. The van der Waals surface area contributed by atoms with Crippen LogP contribution in [-0.4, -0.2) is 12.5 Å². The normalized spacial score (nSPS) is 13.5. The Balaban J connectivity index is 2.01. The first-order valence-electron chi connectivity index (χ1n) is 8.63. The van der Waals surface area contributed by atoms with Crippen LogP contribution in [0.25, 0.3) is 0 Å². The van der Waals surface area contributed by atoms with Crippen molar-refractivity contribution in [1.29, 1.82) is 0 Å². The summed E-state index contributed by atoms with van der Waals surface area (Å²) in [6.07, 6.45) is 0.738. The summed E-state index contributed by atoms with van der Waals surface area (Å²) < 4.78 is 43.3. The number of halogens is 3. The molecule has 1 aliphatic heterocycles. The number of carbonyl (C=O) groups excluding carboxylic acids is 1. The predicted molar refractivity (Wildman–Crippen MR) is 95.9 cm³/mol. The Morgan fingerprint density at radius 1 is 1.12 bits per heavy atom. The fourth-order valence-corrected chi connectivity index (χ4v) is 3.36. The average Bonchev–Trinajstić information content (AvgIpc) is 2.63. The summed E-state index contributed by atoms with van der Waals surface area (Å²) in [6.45, 7) is 5.44. The van der Waals surface area contributed by atoms with Gasteiger partial charge in [-0.2, -0.15) is 0 Å². The molecular weight excluding hydrogens is 341 g/mol. The Kier molecular flexibility index (Phi) is 4.94. The van der Waals surface area contributed by atoms with Gasteiger partial charge in [0.1, 0.15) is 11.5 Å². The zero-order chi connectivity index (χ0) is 19.0. The molecule has 1 N–H and O–H groups in total. The molecule has 6 heteroatoms. The number of hydrogen-bond acceptors (Lipinski definition) is 2. The zero-order valence-corrected chi connectivity index (χ0v) is 15.0. The van der Waals surface area contributed by atoms with Gasteiger partial charge in [0.2, 0.25) is 5.91 Å². The molecule has 3 nitrogen and oxygen atoms in total. The van der Waals surface area contributed by atoms with Crippen LogP contribution >= 0.6 is 0 Å². The number of amides is 1. The molecule has 26 heavy (non-hydrogen) atoms. The second-order valence-corrected chi connectivity index (χ2v) is 6.59. The molecule has 0 saturated carbocycles. The summed E-state index contributed by atoms with van der Waals surface area (Å²) >= 11 is 0. The van der Waals surface area contributed by atoms with Crippen molar-refractivity contribution in [3.8, 4) is 0 Å². The van der Waals surface area contributed by atoms with Crippen molar-refractivity contribution in [2.75, 3.05) is 16.8 Å². The van der Waals surface area contributed by atoms with Gasteiger partial charge in [0.25, 0.3) is 0 Å². The highest BCUT2D eigenvalue weighted by atomic mass is 19.1. The predicted octanol–water partition coefficient (Wildman–Crippen LogP) is 4.63. The second-order valence-electron chi connectivity index (χ2n) is 6.59. The molecule has 1 amide bonds. The SMILES string of the molecule is CCC(=O)Nc1c(C)c(F)c(N2CCc3cc(F)ccc3C2)c(F)c1C. The quantitative estimate of drug-likeness (QED) is 0.863.